The lowest BCUT2D eigenvalue weighted by molar-refractivity contribution is 0.670. The van der Waals surface area contributed by atoms with Crippen LogP contribution >= 0.6 is 22.7 Å². The molecule has 0 unspecified atom stereocenters. The van der Waals surface area contributed by atoms with Crippen molar-refractivity contribution in [1.29, 1.82) is 0 Å². The van der Waals surface area contributed by atoms with E-state index in [1.807, 2.05) is 28.7 Å². The van der Waals surface area contributed by atoms with Gasteiger partial charge in [0.15, 0.2) is 0 Å². The molecule has 0 saturated heterocycles. The summed E-state index contributed by atoms with van der Waals surface area (Å²) < 4.78 is 11.7. The molecule has 3 aromatic heterocycles. The molecule has 0 saturated carbocycles. The molecule has 290 valence electrons. The lowest BCUT2D eigenvalue weighted by Gasteiger charge is -2.27. The topological polar surface area (TPSA) is 16.4 Å². The van der Waals surface area contributed by atoms with Gasteiger partial charge < -0.3 is 9.32 Å². The fourth-order valence-corrected chi connectivity index (χ4v) is 12.0. The minimum absolute atomic E-state index is 0.906. The Balaban J connectivity index is 1.00. The van der Waals surface area contributed by atoms with Crippen LogP contribution in [0.25, 0.3) is 106 Å². The van der Waals surface area contributed by atoms with E-state index >= 15 is 0 Å². The van der Waals surface area contributed by atoms with Crippen molar-refractivity contribution in [3.63, 3.8) is 0 Å². The van der Waals surface area contributed by atoms with Gasteiger partial charge in [0.25, 0.3) is 0 Å². The van der Waals surface area contributed by atoms with E-state index in [9.17, 15) is 0 Å². The summed E-state index contributed by atoms with van der Waals surface area (Å²) in [6.45, 7) is 0. The van der Waals surface area contributed by atoms with Crippen molar-refractivity contribution in [3.05, 3.63) is 212 Å². The van der Waals surface area contributed by atoms with E-state index in [1.54, 1.807) is 0 Å². The zero-order chi connectivity index (χ0) is 40.7. The van der Waals surface area contributed by atoms with Gasteiger partial charge in [0.1, 0.15) is 11.2 Å². The van der Waals surface area contributed by atoms with Crippen molar-refractivity contribution in [1.82, 2.24) is 0 Å². The second kappa shape index (κ2) is 14.0. The monoisotopic (exact) mass is 825 g/mol. The first-order valence-electron chi connectivity index (χ1n) is 21.0. The number of rotatable bonds is 6. The molecule has 0 spiro atoms. The molecule has 0 N–H and O–H groups in total. The van der Waals surface area contributed by atoms with Gasteiger partial charge in [-0.1, -0.05) is 152 Å². The molecule has 4 heteroatoms. The van der Waals surface area contributed by atoms with Crippen LogP contribution in [0.5, 0.6) is 0 Å². The van der Waals surface area contributed by atoms with Gasteiger partial charge in [-0.05, 0) is 99.3 Å². The first-order valence-corrected chi connectivity index (χ1v) is 22.6. The van der Waals surface area contributed by atoms with Crippen LogP contribution in [0.1, 0.15) is 0 Å². The van der Waals surface area contributed by atoms with E-state index in [0.29, 0.717) is 0 Å². The summed E-state index contributed by atoms with van der Waals surface area (Å²) in [5.74, 6) is 0. The van der Waals surface area contributed by atoms with E-state index in [1.165, 1.54) is 73.4 Å². The highest BCUT2D eigenvalue weighted by atomic mass is 32.1. The summed E-state index contributed by atoms with van der Waals surface area (Å²) in [5.41, 5.74) is 12.3. The summed E-state index contributed by atoms with van der Waals surface area (Å²) in [7, 11) is 0. The molecule has 0 aliphatic heterocycles. The van der Waals surface area contributed by atoms with Crippen molar-refractivity contribution in [3.8, 4) is 33.4 Å². The van der Waals surface area contributed by atoms with Crippen molar-refractivity contribution >= 4 is 113 Å². The molecule has 0 atom stereocenters. The van der Waals surface area contributed by atoms with Crippen LogP contribution in [0.4, 0.5) is 17.1 Å². The number of hydrogen-bond acceptors (Lipinski definition) is 4. The van der Waals surface area contributed by atoms with Crippen LogP contribution in [0.2, 0.25) is 0 Å². The number of hydrogen-bond donors (Lipinski definition) is 0. The smallest absolute Gasteiger partial charge is 0.143 e. The third kappa shape index (κ3) is 5.54. The molecular formula is C58H35NOS2. The molecule has 0 fully saturated rings. The Bertz CT molecular complexity index is 3870. The zero-order valence-electron chi connectivity index (χ0n) is 33.4. The fraction of sp³-hybridized carbons (Fsp3) is 0. The molecule has 2 nitrogen and oxygen atoms in total. The Hall–Kier alpha value is -7.50. The molecule has 0 amide bonds. The predicted octanol–water partition coefficient (Wildman–Crippen LogP) is 17.9. The Morgan fingerprint density at radius 1 is 0.355 bits per heavy atom. The molecule has 0 bridgehead atoms. The minimum Gasteiger partial charge on any atom is -0.455 e. The number of anilines is 3. The number of thiophene rings is 2. The Morgan fingerprint density at radius 2 is 0.935 bits per heavy atom. The number of furan rings is 1. The first-order chi connectivity index (χ1) is 30.7. The summed E-state index contributed by atoms with van der Waals surface area (Å²) in [6.07, 6.45) is 0. The molecule has 0 aliphatic carbocycles. The first kappa shape index (κ1) is 35.3. The molecule has 13 rings (SSSR count). The van der Waals surface area contributed by atoms with E-state index in [4.69, 9.17) is 4.42 Å². The number of nitrogens with zero attached hydrogens (tertiary/aromatic N) is 1. The normalized spacial score (nSPS) is 11.9. The largest absolute Gasteiger partial charge is 0.455 e. The van der Waals surface area contributed by atoms with Gasteiger partial charge in [0.05, 0.1) is 5.69 Å². The maximum absolute atomic E-state index is 6.49. The molecular weight excluding hydrogens is 791 g/mol. The molecule has 0 radical (unpaired) electrons. The molecule has 62 heavy (non-hydrogen) atoms. The average Bonchev–Trinajstić information content (AvgIpc) is 4.04. The summed E-state index contributed by atoms with van der Waals surface area (Å²) in [5, 5.41) is 9.91. The Labute approximate surface area is 365 Å². The van der Waals surface area contributed by atoms with Crippen molar-refractivity contribution in [2.45, 2.75) is 0 Å². The lowest BCUT2D eigenvalue weighted by Crippen LogP contribution is -2.10. The predicted molar refractivity (Wildman–Crippen MR) is 268 cm³/mol. The van der Waals surface area contributed by atoms with Gasteiger partial charge in [-0.15, -0.1) is 22.7 Å². The highest BCUT2D eigenvalue weighted by Crippen LogP contribution is 2.49. The van der Waals surface area contributed by atoms with Crippen LogP contribution in [-0.2, 0) is 0 Å². The van der Waals surface area contributed by atoms with Crippen LogP contribution < -0.4 is 4.90 Å². The van der Waals surface area contributed by atoms with Gasteiger partial charge in [-0.3, -0.25) is 0 Å². The fourth-order valence-electron chi connectivity index (χ4n) is 9.58. The summed E-state index contributed by atoms with van der Waals surface area (Å²) in [4.78, 5) is 2.45. The van der Waals surface area contributed by atoms with Crippen LogP contribution in [0.15, 0.2) is 217 Å². The Kier molecular flexibility index (Phi) is 7.99. The second-order valence-electron chi connectivity index (χ2n) is 16.0. The third-order valence-electron chi connectivity index (χ3n) is 12.5. The van der Waals surface area contributed by atoms with E-state index in [2.05, 4.69) is 211 Å². The Morgan fingerprint density at radius 3 is 1.73 bits per heavy atom. The number of para-hydroxylation sites is 2. The third-order valence-corrected chi connectivity index (χ3v) is 14.8. The average molecular weight is 826 g/mol. The zero-order valence-corrected chi connectivity index (χ0v) is 35.0. The number of fused-ring (bicyclic) bond motifs is 10. The summed E-state index contributed by atoms with van der Waals surface area (Å²) in [6, 6.07) is 77.4. The van der Waals surface area contributed by atoms with Gasteiger partial charge in [0.2, 0.25) is 0 Å². The highest BCUT2D eigenvalue weighted by molar-refractivity contribution is 7.26. The molecule has 3 heterocycles. The van der Waals surface area contributed by atoms with Gasteiger partial charge >= 0.3 is 0 Å². The van der Waals surface area contributed by atoms with Gasteiger partial charge in [0, 0.05) is 68.1 Å². The van der Waals surface area contributed by atoms with Gasteiger partial charge in [-0.25, -0.2) is 0 Å². The van der Waals surface area contributed by atoms with Crippen molar-refractivity contribution < 1.29 is 4.42 Å². The van der Waals surface area contributed by atoms with Crippen LogP contribution in [-0.4, -0.2) is 0 Å². The molecule has 10 aromatic carbocycles. The van der Waals surface area contributed by atoms with Crippen molar-refractivity contribution in [2.75, 3.05) is 4.90 Å². The maximum Gasteiger partial charge on any atom is 0.143 e. The van der Waals surface area contributed by atoms with Crippen LogP contribution in [0, 0.1) is 0 Å². The quantitative estimate of drug-likeness (QED) is 0.166. The van der Waals surface area contributed by atoms with Crippen LogP contribution in [0.3, 0.4) is 0 Å². The molecule has 13 aromatic rings. The maximum atomic E-state index is 6.49. The van der Waals surface area contributed by atoms with Gasteiger partial charge in [-0.2, -0.15) is 0 Å². The van der Waals surface area contributed by atoms with Crippen molar-refractivity contribution in [2.24, 2.45) is 0 Å². The second-order valence-corrected chi connectivity index (χ2v) is 18.1. The molecule has 0 aliphatic rings. The van der Waals surface area contributed by atoms with E-state index < -0.39 is 0 Å². The van der Waals surface area contributed by atoms with E-state index in [-0.39, 0.29) is 0 Å². The van der Waals surface area contributed by atoms with E-state index in [0.717, 1.165) is 50.1 Å². The SMILES string of the molecule is c1ccc2cc(-c3ccc(N(c4ccc(-c5cccc6c5oc5ccccc56)cc4)c4ccc(-c5cccc6sc7ccccc7c56)cc4)c4c3sc3ccccc34)ccc2c1. The number of benzene rings is 10. The minimum atomic E-state index is 0.906. The summed E-state index contributed by atoms with van der Waals surface area (Å²) >= 11 is 3.74. The standard InChI is InChI=1S/C58H35NOS2/c1-2-12-39-35-40(24-23-36(39)11-1)45-33-34-50(56-49-15-5-8-21-53(49)62-58(45)56)59(41-29-25-37(26-30-41)43-16-10-22-54-55(43)48-14-4-7-20-52(48)61-54)42-31-27-38(28-32-42)44-17-9-18-47-46-13-3-6-19-51(46)60-57(44)47/h1-35H. The lowest BCUT2D eigenvalue weighted by atomic mass is 9.97. The highest BCUT2D eigenvalue weighted by Gasteiger charge is 2.22.